The number of aromatic nitrogens is 1. The van der Waals surface area contributed by atoms with Gasteiger partial charge in [0.05, 0.1) is 17.7 Å². The molecule has 1 amide bonds. The quantitative estimate of drug-likeness (QED) is 0.665. The highest BCUT2D eigenvalue weighted by Crippen LogP contribution is 2.37. The minimum Gasteiger partial charge on any atom is -0.393 e. The van der Waals surface area contributed by atoms with Crippen molar-refractivity contribution in [3.63, 3.8) is 0 Å². The lowest BCUT2D eigenvalue weighted by Crippen LogP contribution is -2.46. The number of aliphatic hydroxyl groups is 1. The van der Waals surface area contributed by atoms with Gasteiger partial charge in [-0.2, -0.15) is 0 Å². The molecule has 0 bridgehead atoms. The topological polar surface area (TPSA) is 101 Å². The average molecular weight is 447 g/mol. The lowest BCUT2D eigenvalue weighted by molar-refractivity contribution is 0.0579. The average Bonchev–Trinajstić information content (AvgIpc) is 3.09. The molecule has 6 nitrogen and oxygen atoms in total. The van der Waals surface area contributed by atoms with Crippen LogP contribution in [0.25, 0.3) is 10.6 Å². The summed E-state index contributed by atoms with van der Waals surface area (Å²) in [6.07, 6.45) is 7.35. The van der Waals surface area contributed by atoms with Crippen LogP contribution in [0.15, 0.2) is 35.5 Å². The van der Waals surface area contributed by atoms with Crippen molar-refractivity contribution in [2.45, 2.75) is 38.3 Å². The van der Waals surface area contributed by atoms with Crippen molar-refractivity contribution >= 4 is 28.5 Å². The molecule has 0 radical (unpaired) electrons. The number of thiazole rings is 1. The second kappa shape index (κ2) is 8.84. The Hall–Kier alpha value is -2.65. The first-order chi connectivity index (χ1) is 14.8. The number of hydrogen-bond acceptors (Lipinski definition) is 6. The second-order valence-electron chi connectivity index (χ2n) is 8.27. The fraction of sp³-hybridized carbons (Fsp3) is 0.409. The summed E-state index contributed by atoms with van der Waals surface area (Å²) in [6.45, 7) is 2.11. The first-order valence-corrected chi connectivity index (χ1v) is 11.0. The molecule has 2 aromatic rings. The molecule has 2 unspecified atom stereocenters. The maximum Gasteiger partial charge on any atom is 0.273 e. The number of aliphatic imine (C=N–C) groups is 1. The van der Waals surface area contributed by atoms with Gasteiger partial charge in [-0.1, -0.05) is 30.4 Å². The molecule has 1 fully saturated rings. The van der Waals surface area contributed by atoms with E-state index in [2.05, 4.69) is 22.2 Å². The van der Waals surface area contributed by atoms with Gasteiger partial charge < -0.3 is 16.2 Å². The number of carbonyl (C=O) groups excluding carboxylic acids is 1. The number of rotatable bonds is 4. The van der Waals surface area contributed by atoms with Crippen molar-refractivity contribution in [1.29, 1.82) is 0 Å². The molecule has 5 atom stereocenters. The van der Waals surface area contributed by atoms with Gasteiger partial charge in [-0.3, -0.25) is 9.79 Å². The van der Waals surface area contributed by atoms with Crippen LogP contribution in [-0.4, -0.2) is 34.4 Å². The number of carbonyl (C=O) groups is 1. The number of nitrogens with one attached hydrogen (secondary N) is 1. The molecule has 4 rings (SSSR count). The van der Waals surface area contributed by atoms with Crippen LogP contribution in [0.4, 0.5) is 13.8 Å². The Balaban J connectivity index is 1.54. The summed E-state index contributed by atoms with van der Waals surface area (Å²) in [5.41, 5.74) is 5.60. The van der Waals surface area contributed by atoms with E-state index in [4.69, 9.17) is 5.73 Å². The summed E-state index contributed by atoms with van der Waals surface area (Å²) in [5, 5.41) is 13.2. The van der Waals surface area contributed by atoms with Crippen LogP contribution in [0.2, 0.25) is 0 Å². The van der Waals surface area contributed by atoms with Crippen molar-refractivity contribution in [1.82, 2.24) is 10.3 Å². The minimum absolute atomic E-state index is 0.0104. The highest BCUT2D eigenvalue weighted by atomic mass is 32.1. The Morgan fingerprint density at radius 3 is 2.71 bits per heavy atom. The number of halogens is 2. The van der Waals surface area contributed by atoms with Gasteiger partial charge >= 0.3 is 0 Å². The zero-order valence-electron chi connectivity index (χ0n) is 17.0. The van der Waals surface area contributed by atoms with Gasteiger partial charge in [-0.05, 0) is 43.2 Å². The molecular formula is C22H24F2N4O2S. The van der Waals surface area contributed by atoms with E-state index in [9.17, 15) is 18.7 Å². The minimum atomic E-state index is -0.768. The monoisotopic (exact) mass is 446 g/mol. The van der Waals surface area contributed by atoms with E-state index in [0.717, 1.165) is 36.3 Å². The Kier molecular flexibility index (Phi) is 6.15. The zero-order chi connectivity index (χ0) is 22.1. The third-order valence-electron chi connectivity index (χ3n) is 5.90. The van der Waals surface area contributed by atoms with E-state index in [0.29, 0.717) is 12.3 Å². The molecule has 1 aliphatic heterocycles. The van der Waals surface area contributed by atoms with Crippen molar-refractivity contribution in [3.8, 4) is 10.6 Å². The number of aliphatic hydroxyl groups excluding tert-OH is 1. The van der Waals surface area contributed by atoms with Crippen molar-refractivity contribution in [2.24, 2.45) is 22.7 Å². The maximum absolute atomic E-state index is 14.1. The van der Waals surface area contributed by atoms with Crippen LogP contribution in [0.3, 0.4) is 0 Å². The Morgan fingerprint density at radius 2 is 2.00 bits per heavy atom. The van der Waals surface area contributed by atoms with Crippen LogP contribution in [0, 0.1) is 29.4 Å². The lowest BCUT2D eigenvalue weighted by atomic mass is 9.72. The lowest BCUT2D eigenvalue weighted by Gasteiger charge is -2.38. The summed E-state index contributed by atoms with van der Waals surface area (Å²) in [5.74, 6) is -1.50. The molecule has 31 heavy (non-hydrogen) atoms. The maximum atomic E-state index is 14.1. The third-order valence-corrected chi connectivity index (χ3v) is 6.80. The van der Waals surface area contributed by atoms with Gasteiger partial charge in [0.25, 0.3) is 5.91 Å². The Bertz CT molecular complexity index is 1010. The van der Waals surface area contributed by atoms with E-state index in [-0.39, 0.29) is 39.2 Å². The normalized spacial score (nSPS) is 27.9. The van der Waals surface area contributed by atoms with E-state index in [1.54, 1.807) is 12.4 Å². The predicted molar refractivity (Wildman–Crippen MR) is 117 cm³/mol. The highest BCUT2D eigenvalue weighted by Gasteiger charge is 2.35. The fourth-order valence-corrected chi connectivity index (χ4v) is 5.43. The first-order valence-electron chi connectivity index (χ1n) is 10.2. The fourth-order valence-electron chi connectivity index (χ4n) is 4.55. The van der Waals surface area contributed by atoms with Gasteiger partial charge in [-0.15, -0.1) is 0 Å². The van der Waals surface area contributed by atoms with Crippen LogP contribution in [0.1, 0.15) is 36.7 Å². The summed E-state index contributed by atoms with van der Waals surface area (Å²) in [4.78, 5) is 21.2. The molecule has 164 valence electrons. The number of nitrogens with zero attached hydrogens (tertiary/aromatic N) is 2. The standard InChI is InChI=1S/C22H24F2N4O2S/c1-11-7-12(9-13(29)8-11)14-5-6-26-10-17(14)27-21(30)19-20(25)31-22(28-19)18-15(23)3-2-4-16(18)24/h2-6,10-14,17,29H,7-9,25H2,1H3,(H,27,30)/t11-,12+,13-,14?,17?/m0/s1. The second-order valence-corrected chi connectivity index (χ2v) is 9.30. The molecule has 1 aromatic carbocycles. The van der Waals surface area contributed by atoms with E-state index < -0.39 is 23.6 Å². The summed E-state index contributed by atoms with van der Waals surface area (Å²) in [7, 11) is 0. The van der Waals surface area contributed by atoms with Gasteiger partial charge in [0.15, 0.2) is 5.69 Å². The van der Waals surface area contributed by atoms with Crippen LogP contribution in [0.5, 0.6) is 0 Å². The number of hydrogen-bond donors (Lipinski definition) is 3. The molecule has 9 heteroatoms. The molecule has 1 saturated carbocycles. The molecule has 4 N–H and O–H groups in total. The largest absolute Gasteiger partial charge is 0.393 e. The Morgan fingerprint density at radius 1 is 1.26 bits per heavy atom. The summed E-state index contributed by atoms with van der Waals surface area (Å²) in [6, 6.07) is 3.13. The molecule has 1 aromatic heterocycles. The van der Waals surface area contributed by atoms with E-state index in [1.165, 1.54) is 6.07 Å². The number of nitrogens with two attached hydrogens (primary N) is 1. The van der Waals surface area contributed by atoms with Crippen LogP contribution >= 0.6 is 11.3 Å². The van der Waals surface area contributed by atoms with Crippen LogP contribution in [-0.2, 0) is 0 Å². The SMILES string of the molecule is C[C@@H]1C[C@H](O)C[C@H](C2C=CN=CC2NC(=O)c2nc(-c3c(F)cccc3F)sc2N)C1. The van der Waals surface area contributed by atoms with Gasteiger partial charge in [0, 0.05) is 18.3 Å². The third kappa shape index (κ3) is 4.52. The molecular weight excluding hydrogens is 422 g/mol. The molecule has 0 saturated heterocycles. The molecule has 2 aliphatic rings. The summed E-state index contributed by atoms with van der Waals surface area (Å²) < 4.78 is 28.2. The van der Waals surface area contributed by atoms with E-state index >= 15 is 0 Å². The van der Waals surface area contributed by atoms with Crippen molar-refractivity contribution in [3.05, 3.63) is 47.8 Å². The zero-order valence-corrected chi connectivity index (χ0v) is 17.8. The molecule has 2 heterocycles. The number of amides is 1. The first kappa shape index (κ1) is 21.6. The smallest absolute Gasteiger partial charge is 0.273 e. The number of nitrogen functional groups attached to an aromatic ring is 1. The number of benzene rings is 1. The Labute approximate surface area is 182 Å². The van der Waals surface area contributed by atoms with Gasteiger partial charge in [-0.25, -0.2) is 13.8 Å². The van der Waals surface area contributed by atoms with Gasteiger partial charge in [0.1, 0.15) is 21.6 Å². The predicted octanol–water partition coefficient (Wildman–Crippen LogP) is 3.78. The van der Waals surface area contributed by atoms with Crippen LogP contribution < -0.4 is 11.1 Å². The van der Waals surface area contributed by atoms with Crippen molar-refractivity contribution in [2.75, 3.05) is 5.73 Å². The van der Waals surface area contributed by atoms with Gasteiger partial charge in [0.2, 0.25) is 0 Å². The van der Waals surface area contributed by atoms with Crippen molar-refractivity contribution < 1.29 is 18.7 Å². The molecule has 0 spiro atoms. The molecule has 1 aliphatic carbocycles. The highest BCUT2D eigenvalue weighted by molar-refractivity contribution is 7.19. The summed E-state index contributed by atoms with van der Waals surface area (Å²) >= 11 is 0.861. The number of anilines is 1. The van der Waals surface area contributed by atoms with E-state index in [1.807, 2.05) is 6.08 Å².